The third kappa shape index (κ3) is 2.31. The smallest absolute Gasteiger partial charge is 0.337 e. The van der Waals surface area contributed by atoms with Crippen LogP contribution in [0.25, 0.3) is 0 Å². The average Bonchev–Trinajstić information content (AvgIpc) is 3.08. The topological polar surface area (TPSA) is 44.8 Å². The molecular weight excluding hydrogens is 304 g/mol. The fourth-order valence-corrected chi connectivity index (χ4v) is 5.30. The highest BCUT2D eigenvalue weighted by Gasteiger charge is 2.53. The molecule has 130 valence electrons. The molecule has 2 atom stereocenters. The molecule has 0 N–H and O–H groups in total. The fourth-order valence-electron chi connectivity index (χ4n) is 5.30. The third-order valence-electron chi connectivity index (χ3n) is 6.56. The third-order valence-corrected chi connectivity index (χ3v) is 6.56. The fraction of sp³-hybridized carbons (Fsp3) is 0.650. The molecule has 0 aromatic heterocycles. The van der Waals surface area contributed by atoms with Crippen molar-refractivity contribution in [2.45, 2.75) is 56.7 Å². The van der Waals surface area contributed by atoms with E-state index in [2.05, 4.69) is 13.0 Å². The minimum absolute atomic E-state index is 0.197. The van der Waals surface area contributed by atoms with Crippen LogP contribution in [0.5, 0.6) is 0 Å². The van der Waals surface area contributed by atoms with Gasteiger partial charge in [-0.25, -0.2) is 4.79 Å². The van der Waals surface area contributed by atoms with Gasteiger partial charge in [-0.2, -0.15) is 0 Å². The molecule has 4 nitrogen and oxygen atoms in total. The van der Waals surface area contributed by atoms with Gasteiger partial charge in [0, 0.05) is 12.8 Å². The minimum Gasteiger partial charge on any atom is -0.465 e. The Labute approximate surface area is 143 Å². The molecule has 0 bridgehead atoms. The highest BCUT2D eigenvalue weighted by Crippen LogP contribution is 2.56. The number of hydrogen-bond donors (Lipinski definition) is 0. The Morgan fingerprint density at radius 3 is 2.79 bits per heavy atom. The Morgan fingerprint density at radius 2 is 2.08 bits per heavy atom. The quantitative estimate of drug-likeness (QED) is 0.777. The van der Waals surface area contributed by atoms with E-state index < -0.39 is 0 Å². The van der Waals surface area contributed by atoms with E-state index in [1.807, 2.05) is 12.1 Å². The van der Waals surface area contributed by atoms with Gasteiger partial charge in [-0.05, 0) is 60.3 Å². The summed E-state index contributed by atoms with van der Waals surface area (Å²) in [5.41, 5.74) is 3.61. The second kappa shape index (κ2) is 5.85. The number of fused-ring (bicyclic) bond motifs is 3. The number of benzene rings is 1. The predicted molar refractivity (Wildman–Crippen MR) is 90.0 cm³/mol. The first-order valence-electron chi connectivity index (χ1n) is 9.12. The maximum Gasteiger partial charge on any atom is 0.337 e. The molecule has 1 aliphatic heterocycles. The van der Waals surface area contributed by atoms with Crippen molar-refractivity contribution in [3.63, 3.8) is 0 Å². The normalized spacial score (nSPS) is 30.7. The molecule has 1 saturated heterocycles. The van der Waals surface area contributed by atoms with Crippen molar-refractivity contribution < 1.29 is 19.0 Å². The number of carbonyl (C=O) groups excluding carboxylic acids is 1. The summed E-state index contributed by atoms with van der Waals surface area (Å²) in [6.45, 7) is 3.75. The number of hydrogen-bond acceptors (Lipinski definition) is 4. The molecule has 2 aliphatic carbocycles. The van der Waals surface area contributed by atoms with E-state index in [0.717, 1.165) is 51.7 Å². The van der Waals surface area contributed by atoms with Gasteiger partial charge < -0.3 is 14.2 Å². The summed E-state index contributed by atoms with van der Waals surface area (Å²) in [5, 5.41) is 0. The van der Waals surface area contributed by atoms with Gasteiger partial charge in [0.25, 0.3) is 0 Å². The first kappa shape index (κ1) is 16.1. The van der Waals surface area contributed by atoms with E-state index in [-0.39, 0.29) is 17.2 Å². The SMILES string of the molecule is CC[C@]12CCC3(C[C@H]1CCc1cc(C(=O)OC)ccc12)OCCO3. The lowest BCUT2D eigenvalue weighted by Crippen LogP contribution is -2.50. The van der Waals surface area contributed by atoms with Crippen molar-refractivity contribution in [3.8, 4) is 0 Å². The standard InChI is InChI=1S/C20H26O4/c1-3-19-8-9-20(23-10-11-24-20)13-16(19)6-4-14-12-15(18(21)22-2)5-7-17(14)19/h5,7,12,16H,3-4,6,8-11,13H2,1-2H3/t16-,19+/m1/s1. The molecule has 0 radical (unpaired) electrons. The summed E-state index contributed by atoms with van der Waals surface area (Å²) >= 11 is 0. The van der Waals surface area contributed by atoms with Gasteiger partial charge in [0.05, 0.1) is 25.9 Å². The summed E-state index contributed by atoms with van der Waals surface area (Å²) in [4.78, 5) is 11.8. The van der Waals surface area contributed by atoms with Crippen LogP contribution in [0.2, 0.25) is 0 Å². The van der Waals surface area contributed by atoms with Gasteiger partial charge in [0.1, 0.15) is 0 Å². The number of ether oxygens (including phenoxy) is 3. The summed E-state index contributed by atoms with van der Waals surface area (Å²) in [7, 11) is 1.44. The summed E-state index contributed by atoms with van der Waals surface area (Å²) < 4.78 is 16.9. The lowest BCUT2D eigenvalue weighted by Gasteiger charge is -2.52. The molecule has 0 amide bonds. The molecule has 3 aliphatic rings. The highest BCUT2D eigenvalue weighted by atomic mass is 16.7. The second-order valence-electron chi connectivity index (χ2n) is 7.42. The Bertz CT molecular complexity index is 647. The van der Waals surface area contributed by atoms with Crippen molar-refractivity contribution in [1.29, 1.82) is 0 Å². The zero-order valence-corrected chi connectivity index (χ0v) is 14.6. The van der Waals surface area contributed by atoms with Crippen LogP contribution in [0, 0.1) is 5.92 Å². The van der Waals surface area contributed by atoms with Crippen LogP contribution in [0.1, 0.15) is 60.5 Å². The molecule has 2 fully saturated rings. The Hall–Kier alpha value is -1.39. The predicted octanol–water partition coefficient (Wildman–Crippen LogP) is 3.61. The van der Waals surface area contributed by atoms with Crippen LogP contribution in [-0.4, -0.2) is 32.1 Å². The minimum atomic E-state index is -0.327. The van der Waals surface area contributed by atoms with Crippen LogP contribution in [-0.2, 0) is 26.0 Å². The zero-order chi connectivity index (χ0) is 16.8. The van der Waals surface area contributed by atoms with Crippen molar-refractivity contribution in [1.82, 2.24) is 0 Å². The molecule has 4 rings (SSSR count). The molecular formula is C20H26O4. The number of carbonyl (C=O) groups is 1. The molecule has 1 heterocycles. The maximum atomic E-state index is 11.8. The van der Waals surface area contributed by atoms with Crippen molar-refractivity contribution in [2.24, 2.45) is 5.92 Å². The largest absolute Gasteiger partial charge is 0.465 e. The number of rotatable bonds is 2. The monoisotopic (exact) mass is 330 g/mol. The van der Waals surface area contributed by atoms with Crippen LogP contribution < -0.4 is 0 Å². The van der Waals surface area contributed by atoms with Gasteiger partial charge in [-0.15, -0.1) is 0 Å². The number of esters is 1. The van der Waals surface area contributed by atoms with Crippen molar-refractivity contribution in [2.75, 3.05) is 20.3 Å². The van der Waals surface area contributed by atoms with Crippen LogP contribution in [0.3, 0.4) is 0 Å². The van der Waals surface area contributed by atoms with Gasteiger partial charge in [-0.1, -0.05) is 13.0 Å². The van der Waals surface area contributed by atoms with E-state index in [9.17, 15) is 4.79 Å². The first-order valence-corrected chi connectivity index (χ1v) is 9.12. The second-order valence-corrected chi connectivity index (χ2v) is 7.42. The van der Waals surface area contributed by atoms with Crippen LogP contribution >= 0.6 is 0 Å². The van der Waals surface area contributed by atoms with Gasteiger partial charge in [0.15, 0.2) is 5.79 Å². The summed E-state index contributed by atoms with van der Waals surface area (Å²) in [5.74, 6) is 0.0129. The van der Waals surface area contributed by atoms with E-state index >= 15 is 0 Å². The van der Waals surface area contributed by atoms with Crippen molar-refractivity contribution >= 4 is 5.97 Å². The molecule has 1 aromatic carbocycles. The van der Waals surface area contributed by atoms with Gasteiger partial charge in [0.2, 0.25) is 0 Å². The molecule has 0 unspecified atom stereocenters. The highest BCUT2D eigenvalue weighted by molar-refractivity contribution is 5.89. The van der Waals surface area contributed by atoms with E-state index in [4.69, 9.17) is 14.2 Å². The zero-order valence-electron chi connectivity index (χ0n) is 14.6. The first-order chi connectivity index (χ1) is 11.6. The molecule has 1 spiro atoms. The lowest BCUT2D eigenvalue weighted by molar-refractivity contribution is -0.200. The lowest BCUT2D eigenvalue weighted by atomic mass is 9.55. The molecule has 1 aromatic rings. The van der Waals surface area contributed by atoms with Crippen molar-refractivity contribution in [3.05, 3.63) is 34.9 Å². The number of aryl methyl sites for hydroxylation is 1. The van der Waals surface area contributed by atoms with E-state index in [1.165, 1.54) is 18.2 Å². The number of methoxy groups -OCH3 is 1. The Balaban J connectivity index is 1.69. The van der Waals surface area contributed by atoms with Gasteiger partial charge in [-0.3, -0.25) is 0 Å². The van der Waals surface area contributed by atoms with E-state index in [1.54, 1.807) is 0 Å². The summed E-state index contributed by atoms with van der Waals surface area (Å²) in [6, 6.07) is 6.14. The molecule has 24 heavy (non-hydrogen) atoms. The average molecular weight is 330 g/mol. The Morgan fingerprint density at radius 1 is 1.29 bits per heavy atom. The van der Waals surface area contributed by atoms with Gasteiger partial charge >= 0.3 is 5.97 Å². The molecule has 4 heteroatoms. The van der Waals surface area contributed by atoms with Crippen LogP contribution in [0.4, 0.5) is 0 Å². The summed E-state index contributed by atoms with van der Waals surface area (Å²) in [6.07, 6.45) is 6.34. The molecule has 1 saturated carbocycles. The van der Waals surface area contributed by atoms with Crippen LogP contribution in [0.15, 0.2) is 18.2 Å². The Kier molecular flexibility index (Phi) is 3.92. The maximum absolute atomic E-state index is 11.8. The van der Waals surface area contributed by atoms with E-state index in [0.29, 0.717) is 11.5 Å².